The van der Waals surface area contributed by atoms with Crippen LogP contribution in [0.25, 0.3) is 55.3 Å². The third-order valence-electron chi connectivity index (χ3n) is 12.2. The Bertz CT molecular complexity index is 2960. The lowest BCUT2D eigenvalue weighted by Gasteiger charge is -2.34. The molecule has 2 nitrogen and oxygen atoms in total. The molecular weight excluding hydrogens is 689 g/mol. The summed E-state index contributed by atoms with van der Waals surface area (Å²) in [5.74, 6) is 0. The number of benzene rings is 9. The first-order chi connectivity index (χ1) is 28.0. The van der Waals surface area contributed by atoms with Crippen molar-refractivity contribution in [2.45, 2.75) is 19.3 Å². The van der Waals surface area contributed by atoms with Crippen molar-refractivity contribution in [1.29, 1.82) is 0 Å². The molecule has 1 heterocycles. The first kappa shape index (κ1) is 33.2. The van der Waals surface area contributed by atoms with Crippen molar-refractivity contribution in [3.05, 3.63) is 217 Å². The third kappa shape index (κ3) is 5.33. The van der Waals surface area contributed by atoms with E-state index in [1.807, 2.05) is 0 Å². The Labute approximate surface area is 334 Å². The Hall–Kier alpha value is -7.16. The summed E-state index contributed by atoms with van der Waals surface area (Å²) in [4.78, 5) is 4.83. The van der Waals surface area contributed by atoms with E-state index in [2.05, 4.69) is 230 Å². The van der Waals surface area contributed by atoms with E-state index in [0.29, 0.717) is 0 Å². The van der Waals surface area contributed by atoms with Crippen LogP contribution in [0.1, 0.15) is 25.0 Å². The van der Waals surface area contributed by atoms with Crippen molar-refractivity contribution in [1.82, 2.24) is 0 Å². The number of hydrogen-bond acceptors (Lipinski definition) is 2. The van der Waals surface area contributed by atoms with Crippen LogP contribution in [0.2, 0.25) is 0 Å². The fourth-order valence-corrected chi connectivity index (χ4v) is 9.36. The Morgan fingerprint density at radius 2 is 0.912 bits per heavy atom. The summed E-state index contributed by atoms with van der Waals surface area (Å²) in [5.41, 5.74) is 19.6. The van der Waals surface area contributed by atoms with Crippen molar-refractivity contribution in [3.8, 4) is 44.5 Å². The van der Waals surface area contributed by atoms with E-state index in [1.54, 1.807) is 0 Å². The van der Waals surface area contributed by atoms with Gasteiger partial charge >= 0.3 is 0 Å². The highest BCUT2D eigenvalue weighted by atomic mass is 15.2. The molecule has 0 radical (unpaired) electrons. The summed E-state index contributed by atoms with van der Waals surface area (Å²) >= 11 is 0. The van der Waals surface area contributed by atoms with E-state index in [4.69, 9.17) is 0 Å². The lowest BCUT2D eigenvalue weighted by atomic mass is 9.82. The summed E-state index contributed by atoms with van der Waals surface area (Å²) in [6.07, 6.45) is 0. The largest absolute Gasteiger partial charge is 0.310 e. The van der Waals surface area contributed by atoms with Gasteiger partial charge in [0.2, 0.25) is 0 Å². The van der Waals surface area contributed by atoms with Gasteiger partial charge in [-0.05, 0) is 116 Å². The Morgan fingerprint density at radius 1 is 0.368 bits per heavy atom. The van der Waals surface area contributed by atoms with Crippen LogP contribution in [0.3, 0.4) is 0 Å². The molecule has 0 atom stereocenters. The van der Waals surface area contributed by atoms with Gasteiger partial charge in [-0.3, -0.25) is 0 Å². The number of hydrogen-bond donors (Lipinski definition) is 0. The van der Waals surface area contributed by atoms with Crippen molar-refractivity contribution < 1.29 is 0 Å². The van der Waals surface area contributed by atoms with Gasteiger partial charge in [-0.2, -0.15) is 0 Å². The molecule has 9 aromatic rings. The molecule has 0 amide bonds. The fraction of sp³-hybridized carbons (Fsp3) is 0.0545. The van der Waals surface area contributed by atoms with Crippen LogP contribution in [0.5, 0.6) is 0 Å². The van der Waals surface area contributed by atoms with Gasteiger partial charge in [-0.25, -0.2) is 0 Å². The van der Waals surface area contributed by atoms with E-state index in [9.17, 15) is 0 Å². The third-order valence-corrected chi connectivity index (χ3v) is 12.2. The highest BCUT2D eigenvalue weighted by Crippen LogP contribution is 2.53. The predicted molar refractivity (Wildman–Crippen MR) is 241 cm³/mol. The zero-order valence-corrected chi connectivity index (χ0v) is 32.0. The second-order valence-electron chi connectivity index (χ2n) is 15.8. The van der Waals surface area contributed by atoms with Crippen LogP contribution in [0.15, 0.2) is 206 Å². The molecule has 0 N–H and O–H groups in total. The van der Waals surface area contributed by atoms with E-state index < -0.39 is 0 Å². The molecule has 0 spiro atoms. The van der Waals surface area contributed by atoms with Crippen molar-refractivity contribution in [3.63, 3.8) is 0 Å². The Morgan fingerprint density at radius 3 is 1.65 bits per heavy atom. The highest BCUT2D eigenvalue weighted by Gasteiger charge is 2.36. The second kappa shape index (κ2) is 13.0. The van der Waals surface area contributed by atoms with Gasteiger partial charge in [-0.15, -0.1) is 0 Å². The highest BCUT2D eigenvalue weighted by molar-refractivity contribution is 6.14. The molecule has 1 aliphatic carbocycles. The van der Waals surface area contributed by atoms with Gasteiger partial charge in [0, 0.05) is 39.1 Å². The molecular formula is C55H40N2. The van der Waals surface area contributed by atoms with E-state index in [0.717, 1.165) is 22.7 Å². The maximum atomic E-state index is 2.43. The Kier molecular flexibility index (Phi) is 7.55. The maximum absolute atomic E-state index is 2.43. The van der Waals surface area contributed by atoms with Crippen LogP contribution in [0.4, 0.5) is 34.1 Å². The average Bonchev–Trinajstić information content (AvgIpc) is 3.50. The smallest absolute Gasteiger partial charge is 0.0546 e. The first-order valence-corrected chi connectivity index (χ1v) is 19.8. The molecule has 2 heteroatoms. The molecule has 0 unspecified atom stereocenters. The zero-order valence-electron chi connectivity index (χ0n) is 32.0. The number of nitrogens with zero attached hydrogens (tertiary/aromatic N) is 2. The summed E-state index contributed by atoms with van der Waals surface area (Å²) < 4.78 is 0. The standard InChI is InChI=1S/C55H40N2/c1-55(2)50-21-10-9-19-46(50)47-34-32-45(36-51(47)55)56(43-28-23-38(24-29-43)37-13-5-3-6-14-37)44-30-25-39(26-31-44)41-27-33-48-49-20-11-15-40-16-12-22-52(54(40)49)57(53(48)35-41)42-17-7-4-8-18-42/h3-36H,1-2H3. The molecule has 2 aliphatic rings. The molecule has 0 saturated heterocycles. The van der Waals surface area contributed by atoms with Crippen LogP contribution in [-0.2, 0) is 5.41 Å². The average molecular weight is 729 g/mol. The summed E-state index contributed by atoms with van der Waals surface area (Å²) in [7, 11) is 0. The SMILES string of the molecule is CC1(C)c2ccccc2-c2ccc(N(c3ccc(-c4ccccc4)cc3)c3ccc(-c4ccc5c(c4)N(c4ccccc4)c4cccc6cccc-5c46)cc3)cc21. The summed E-state index contributed by atoms with van der Waals surface area (Å²) in [6.45, 7) is 4.71. The molecule has 0 bridgehead atoms. The second-order valence-corrected chi connectivity index (χ2v) is 15.8. The van der Waals surface area contributed by atoms with Crippen LogP contribution >= 0.6 is 0 Å². The molecule has 0 saturated carbocycles. The molecule has 1 aliphatic heterocycles. The van der Waals surface area contributed by atoms with Gasteiger partial charge in [0.1, 0.15) is 0 Å². The molecule has 9 aromatic carbocycles. The minimum atomic E-state index is -0.0965. The monoisotopic (exact) mass is 728 g/mol. The topological polar surface area (TPSA) is 6.48 Å². The number of para-hydroxylation sites is 1. The minimum Gasteiger partial charge on any atom is -0.310 e. The number of rotatable bonds is 6. The van der Waals surface area contributed by atoms with Gasteiger partial charge < -0.3 is 9.80 Å². The number of fused-ring (bicyclic) bond motifs is 5. The lowest BCUT2D eigenvalue weighted by molar-refractivity contribution is 0.660. The summed E-state index contributed by atoms with van der Waals surface area (Å²) in [5, 5.41) is 2.55. The molecule has 0 fully saturated rings. The van der Waals surface area contributed by atoms with Crippen molar-refractivity contribution in [2.75, 3.05) is 9.80 Å². The normalized spacial score (nSPS) is 13.2. The van der Waals surface area contributed by atoms with Crippen molar-refractivity contribution in [2.24, 2.45) is 0 Å². The van der Waals surface area contributed by atoms with E-state index in [-0.39, 0.29) is 5.41 Å². The van der Waals surface area contributed by atoms with Crippen LogP contribution in [0, 0.1) is 0 Å². The fourth-order valence-electron chi connectivity index (χ4n) is 9.36. The molecule has 57 heavy (non-hydrogen) atoms. The zero-order chi connectivity index (χ0) is 38.1. The molecule has 11 rings (SSSR count). The maximum Gasteiger partial charge on any atom is 0.0546 e. The number of anilines is 6. The lowest BCUT2D eigenvalue weighted by Crippen LogP contribution is -2.16. The van der Waals surface area contributed by atoms with Crippen molar-refractivity contribution >= 4 is 44.9 Å². The Balaban J connectivity index is 1.01. The summed E-state index contributed by atoms with van der Waals surface area (Å²) in [6, 6.07) is 75.6. The quantitative estimate of drug-likeness (QED) is 0.168. The van der Waals surface area contributed by atoms with E-state index >= 15 is 0 Å². The van der Waals surface area contributed by atoms with E-state index in [1.165, 1.54) is 77.8 Å². The van der Waals surface area contributed by atoms with Gasteiger partial charge in [-0.1, -0.05) is 159 Å². The first-order valence-electron chi connectivity index (χ1n) is 19.8. The van der Waals surface area contributed by atoms with Crippen LogP contribution in [-0.4, -0.2) is 0 Å². The van der Waals surface area contributed by atoms with Gasteiger partial charge in [0.25, 0.3) is 0 Å². The van der Waals surface area contributed by atoms with Gasteiger partial charge in [0.15, 0.2) is 0 Å². The van der Waals surface area contributed by atoms with Crippen LogP contribution < -0.4 is 9.80 Å². The molecule has 0 aromatic heterocycles. The minimum absolute atomic E-state index is 0.0965. The molecule has 270 valence electrons. The predicted octanol–water partition coefficient (Wildman–Crippen LogP) is 15.4. The van der Waals surface area contributed by atoms with Gasteiger partial charge in [0.05, 0.1) is 11.4 Å².